The minimum atomic E-state index is 0.251. The molecule has 1 aliphatic carbocycles. The molecule has 1 atom stereocenters. The van der Waals surface area contributed by atoms with Crippen molar-refractivity contribution in [2.75, 3.05) is 0 Å². The highest BCUT2D eigenvalue weighted by Gasteiger charge is 2.24. The van der Waals surface area contributed by atoms with E-state index < -0.39 is 0 Å². The maximum absolute atomic E-state index is 9.96. The molecule has 1 aromatic carbocycles. The van der Waals surface area contributed by atoms with Crippen LogP contribution in [0.25, 0.3) is 0 Å². The van der Waals surface area contributed by atoms with E-state index in [1.54, 1.807) is 6.07 Å². The minimum Gasteiger partial charge on any atom is -0.508 e. The average molecular weight is 225 g/mol. The van der Waals surface area contributed by atoms with E-state index >= 15 is 0 Å². The fourth-order valence-corrected chi connectivity index (χ4v) is 2.69. The van der Waals surface area contributed by atoms with Crippen LogP contribution in [0.15, 0.2) is 42.6 Å². The number of aromatic hydroxyl groups is 1. The van der Waals surface area contributed by atoms with Gasteiger partial charge >= 0.3 is 0 Å². The van der Waals surface area contributed by atoms with Gasteiger partial charge in [0.2, 0.25) is 0 Å². The number of phenolic OH excluding ortho intramolecular Hbond substituents is 1. The first kappa shape index (κ1) is 10.3. The van der Waals surface area contributed by atoms with Crippen molar-refractivity contribution in [1.82, 2.24) is 4.98 Å². The second-order valence-corrected chi connectivity index (χ2v) is 4.55. The van der Waals surface area contributed by atoms with Crippen molar-refractivity contribution in [3.05, 3.63) is 59.4 Å². The van der Waals surface area contributed by atoms with Gasteiger partial charge in [-0.05, 0) is 37.0 Å². The Bertz CT molecular complexity index is 536. The Balaban J connectivity index is 2.09. The lowest BCUT2D eigenvalue weighted by atomic mass is 9.82. The summed E-state index contributed by atoms with van der Waals surface area (Å²) in [5.41, 5.74) is 3.47. The minimum absolute atomic E-state index is 0.251. The molecule has 2 nitrogen and oxygen atoms in total. The van der Waals surface area contributed by atoms with E-state index in [4.69, 9.17) is 0 Å². The lowest BCUT2D eigenvalue weighted by molar-refractivity contribution is 0.458. The molecular weight excluding hydrogens is 210 g/mol. The van der Waals surface area contributed by atoms with Crippen molar-refractivity contribution < 1.29 is 5.11 Å². The number of phenols is 1. The van der Waals surface area contributed by atoms with Crippen molar-refractivity contribution in [2.45, 2.75) is 25.2 Å². The fourth-order valence-electron chi connectivity index (χ4n) is 2.69. The summed E-state index contributed by atoms with van der Waals surface area (Å²) in [6.45, 7) is 0. The van der Waals surface area contributed by atoms with Crippen LogP contribution < -0.4 is 0 Å². The number of nitrogens with zero attached hydrogens (tertiary/aromatic N) is 1. The molecule has 0 aliphatic heterocycles. The van der Waals surface area contributed by atoms with Gasteiger partial charge in [0.25, 0.3) is 0 Å². The van der Waals surface area contributed by atoms with E-state index in [1.807, 2.05) is 30.5 Å². The van der Waals surface area contributed by atoms with Crippen molar-refractivity contribution in [1.29, 1.82) is 0 Å². The van der Waals surface area contributed by atoms with Crippen LogP contribution in [0.1, 0.15) is 35.6 Å². The van der Waals surface area contributed by atoms with Crippen LogP contribution in [0.5, 0.6) is 5.75 Å². The van der Waals surface area contributed by atoms with Crippen LogP contribution in [0, 0.1) is 0 Å². The number of aromatic nitrogens is 1. The van der Waals surface area contributed by atoms with Crippen molar-refractivity contribution in [2.24, 2.45) is 0 Å². The van der Waals surface area contributed by atoms with Gasteiger partial charge in [0.15, 0.2) is 0 Å². The highest BCUT2D eigenvalue weighted by Crippen LogP contribution is 2.38. The Morgan fingerprint density at radius 3 is 2.88 bits per heavy atom. The summed E-state index contributed by atoms with van der Waals surface area (Å²) in [7, 11) is 0. The average Bonchev–Trinajstić information content (AvgIpc) is 2.39. The molecule has 0 amide bonds. The molecule has 2 aromatic rings. The first-order valence-corrected chi connectivity index (χ1v) is 6.08. The number of benzene rings is 1. The summed E-state index contributed by atoms with van der Waals surface area (Å²) in [6.07, 6.45) is 5.18. The third kappa shape index (κ3) is 1.80. The predicted molar refractivity (Wildman–Crippen MR) is 67.1 cm³/mol. The van der Waals surface area contributed by atoms with E-state index in [1.165, 1.54) is 5.56 Å². The molecule has 0 fully saturated rings. The molecule has 1 N–H and O–H groups in total. The number of hydrogen-bond acceptors (Lipinski definition) is 2. The molecule has 0 spiro atoms. The summed E-state index contributed by atoms with van der Waals surface area (Å²) in [5.74, 6) is 0.636. The smallest absolute Gasteiger partial charge is 0.119 e. The molecule has 1 heterocycles. The maximum Gasteiger partial charge on any atom is 0.119 e. The van der Waals surface area contributed by atoms with Crippen LogP contribution in [0.4, 0.5) is 0 Å². The zero-order valence-electron chi connectivity index (χ0n) is 9.63. The van der Waals surface area contributed by atoms with Crippen LogP contribution in [0.3, 0.4) is 0 Å². The zero-order valence-corrected chi connectivity index (χ0v) is 9.63. The third-order valence-corrected chi connectivity index (χ3v) is 3.51. The van der Waals surface area contributed by atoms with Crippen LogP contribution in [-0.4, -0.2) is 10.1 Å². The summed E-state index contributed by atoms with van der Waals surface area (Å²) >= 11 is 0. The number of aryl methyl sites for hydroxylation is 1. The molecule has 2 heteroatoms. The Morgan fingerprint density at radius 2 is 2.00 bits per heavy atom. The van der Waals surface area contributed by atoms with E-state index in [0.717, 1.165) is 30.5 Å². The van der Waals surface area contributed by atoms with Gasteiger partial charge in [-0.2, -0.15) is 0 Å². The molecular formula is C15H15NO. The highest BCUT2D eigenvalue weighted by molar-refractivity contribution is 5.42. The quantitative estimate of drug-likeness (QED) is 0.808. The molecule has 3 rings (SSSR count). The number of fused-ring (bicyclic) bond motifs is 1. The normalized spacial score (nSPS) is 18.7. The monoisotopic (exact) mass is 225 g/mol. The van der Waals surface area contributed by atoms with E-state index in [2.05, 4.69) is 11.1 Å². The van der Waals surface area contributed by atoms with E-state index in [0.29, 0.717) is 5.75 Å². The summed E-state index contributed by atoms with van der Waals surface area (Å²) in [4.78, 5) is 4.51. The molecule has 0 saturated heterocycles. The van der Waals surface area contributed by atoms with Gasteiger partial charge < -0.3 is 5.11 Å². The number of pyridine rings is 1. The van der Waals surface area contributed by atoms with Crippen LogP contribution in [0.2, 0.25) is 0 Å². The van der Waals surface area contributed by atoms with Gasteiger partial charge in [0.1, 0.15) is 5.75 Å². The van der Waals surface area contributed by atoms with Gasteiger partial charge in [0.05, 0.1) is 5.69 Å². The lowest BCUT2D eigenvalue weighted by Gasteiger charge is -2.25. The number of hydrogen-bond donors (Lipinski definition) is 1. The summed E-state index contributed by atoms with van der Waals surface area (Å²) < 4.78 is 0. The maximum atomic E-state index is 9.96. The zero-order chi connectivity index (χ0) is 11.7. The molecule has 86 valence electrons. The van der Waals surface area contributed by atoms with Gasteiger partial charge in [-0.15, -0.1) is 0 Å². The topological polar surface area (TPSA) is 33.1 Å². The van der Waals surface area contributed by atoms with Crippen molar-refractivity contribution in [3.63, 3.8) is 0 Å². The van der Waals surface area contributed by atoms with E-state index in [9.17, 15) is 5.11 Å². The van der Waals surface area contributed by atoms with Gasteiger partial charge in [-0.25, -0.2) is 0 Å². The standard InChI is InChI=1S/C15H15NO/c17-14-9-2-1-7-12(14)13-8-3-5-11-6-4-10-16-15(11)13/h1-2,4,6-7,9-10,13,17H,3,5,8H2. The molecule has 1 aromatic heterocycles. The Hall–Kier alpha value is -1.83. The summed E-state index contributed by atoms with van der Waals surface area (Å²) in [5, 5.41) is 9.96. The molecule has 1 aliphatic rings. The molecule has 17 heavy (non-hydrogen) atoms. The first-order chi connectivity index (χ1) is 8.36. The number of para-hydroxylation sites is 1. The molecule has 0 bridgehead atoms. The van der Waals surface area contributed by atoms with Crippen molar-refractivity contribution >= 4 is 0 Å². The number of rotatable bonds is 1. The van der Waals surface area contributed by atoms with Crippen LogP contribution in [-0.2, 0) is 6.42 Å². The van der Waals surface area contributed by atoms with E-state index in [-0.39, 0.29) is 5.92 Å². The first-order valence-electron chi connectivity index (χ1n) is 6.08. The Kier molecular flexibility index (Phi) is 2.56. The van der Waals surface area contributed by atoms with Crippen molar-refractivity contribution in [3.8, 4) is 5.75 Å². The Morgan fingerprint density at radius 1 is 1.12 bits per heavy atom. The second-order valence-electron chi connectivity index (χ2n) is 4.55. The van der Waals surface area contributed by atoms with Gasteiger partial charge in [-0.3, -0.25) is 4.98 Å². The molecule has 0 radical (unpaired) electrons. The highest BCUT2D eigenvalue weighted by atomic mass is 16.3. The van der Waals surface area contributed by atoms with Gasteiger partial charge in [0, 0.05) is 17.7 Å². The predicted octanol–water partition coefficient (Wildman–Crippen LogP) is 3.26. The third-order valence-electron chi connectivity index (χ3n) is 3.51. The SMILES string of the molecule is Oc1ccccc1C1CCCc2cccnc21. The summed E-state index contributed by atoms with van der Waals surface area (Å²) in [6, 6.07) is 11.7. The molecule has 1 unspecified atom stereocenters. The largest absolute Gasteiger partial charge is 0.508 e. The van der Waals surface area contributed by atoms with Gasteiger partial charge in [-0.1, -0.05) is 24.3 Å². The second kappa shape index (κ2) is 4.21. The Labute approximate surface area is 101 Å². The lowest BCUT2D eigenvalue weighted by Crippen LogP contribution is -2.12. The fraction of sp³-hybridized carbons (Fsp3) is 0.267. The van der Waals surface area contributed by atoms with Crippen LogP contribution >= 0.6 is 0 Å². The molecule has 0 saturated carbocycles.